The van der Waals surface area contributed by atoms with Gasteiger partial charge in [0.15, 0.2) is 11.0 Å². The minimum atomic E-state index is -0.393. The van der Waals surface area contributed by atoms with E-state index in [0.717, 1.165) is 11.3 Å². The van der Waals surface area contributed by atoms with Crippen LogP contribution in [-0.4, -0.2) is 38.2 Å². The van der Waals surface area contributed by atoms with Crippen LogP contribution in [-0.2, 0) is 11.3 Å². The molecule has 1 amide bonds. The van der Waals surface area contributed by atoms with Crippen LogP contribution in [0.15, 0.2) is 40.0 Å². The van der Waals surface area contributed by atoms with E-state index in [1.54, 1.807) is 27.0 Å². The third-order valence-corrected chi connectivity index (χ3v) is 4.99. The number of hydrogen-bond donors (Lipinski definition) is 1. The topological polar surface area (TPSA) is 95.1 Å². The average molecular weight is 387 g/mol. The van der Waals surface area contributed by atoms with Crippen molar-refractivity contribution in [1.82, 2.24) is 19.9 Å². The van der Waals surface area contributed by atoms with Gasteiger partial charge in [0.05, 0.1) is 23.6 Å². The van der Waals surface area contributed by atoms with Crippen LogP contribution in [0.4, 0.5) is 5.88 Å². The molecule has 1 N–H and O–H groups in total. The second-order valence-electron chi connectivity index (χ2n) is 5.83. The lowest BCUT2D eigenvalue weighted by Gasteiger charge is -2.12. The van der Waals surface area contributed by atoms with E-state index in [1.165, 1.54) is 11.8 Å². The standard InChI is InChI=1S/C18H21N5O3S/c1-5-23-16(13-8-6-7-9-14(13)25-4)20-21-18(23)27-12(3)17(24)19-15-10-11(2)22-26-15/h6-10,12H,5H2,1-4H3,(H,19,24). The van der Waals surface area contributed by atoms with Crippen LogP contribution in [0.25, 0.3) is 11.4 Å². The molecule has 2 heterocycles. The number of para-hydroxylation sites is 1. The summed E-state index contributed by atoms with van der Waals surface area (Å²) < 4.78 is 12.4. The summed E-state index contributed by atoms with van der Waals surface area (Å²) in [6.07, 6.45) is 0. The van der Waals surface area contributed by atoms with Crippen molar-refractivity contribution in [2.75, 3.05) is 12.4 Å². The van der Waals surface area contributed by atoms with Gasteiger partial charge in [0.1, 0.15) is 5.75 Å². The molecule has 0 saturated heterocycles. The fraction of sp³-hybridized carbons (Fsp3) is 0.333. The van der Waals surface area contributed by atoms with Gasteiger partial charge in [0.25, 0.3) is 0 Å². The van der Waals surface area contributed by atoms with Crippen molar-refractivity contribution >= 4 is 23.6 Å². The second-order valence-corrected chi connectivity index (χ2v) is 7.14. The maximum Gasteiger partial charge on any atom is 0.240 e. The highest BCUT2D eigenvalue weighted by Gasteiger charge is 2.22. The number of methoxy groups -OCH3 is 1. The Hall–Kier alpha value is -2.81. The first-order valence-electron chi connectivity index (χ1n) is 8.51. The van der Waals surface area contributed by atoms with E-state index >= 15 is 0 Å². The number of carbonyl (C=O) groups is 1. The third kappa shape index (κ3) is 4.13. The zero-order valence-corrected chi connectivity index (χ0v) is 16.4. The number of rotatable bonds is 7. The van der Waals surface area contributed by atoms with Crippen molar-refractivity contribution in [2.24, 2.45) is 0 Å². The molecule has 0 aliphatic heterocycles. The zero-order valence-electron chi connectivity index (χ0n) is 15.6. The summed E-state index contributed by atoms with van der Waals surface area (Å²) in [5.41, 5.74) is 1.56. The number of aromatic nitrogens is 4. The summed E-state index contributed by atoms with van der Waals surface area (Å²) in [4.78, 5) is 12.4. The molecular weight excluding hydrogens is 366 g/mol. The molecule has 0 aliphatic rings. The van der Waals surface area contributed by atoms with E-state index in [-0.39, 0.29) is 5.91 Å². The van der Waals surface area contributed by atoms with Crippen molar-refractivity contribution in [3.8, 4) is 17.1 Å². The number of nitrogens with zero attached hydrogens (tertiary/aromatic N) is 4. The molecule has 0 fully saturated rings. The molecule has 1 atom stereocenters. The fourth-order valence-electron chi connectivity index (χ4n) is 2.55. The maximum absolute atomic E-state index is 12.4. The predicted octanol–water partition coefficient (Wildman–Crippen LogP) is 3.39. The van der Waals surface area contributed by atoms with E-state index in [9.17, 15) is 4.79 Å². The summed E-state index contributed by atoms with van der Waals surface area (Å²) in [5.74, 6) is 1.57. The quantitative estimate of drug-likeness (QED) is 0.621. The lowest BCUT2D eigenvalue weighted by atomic mass is 10.2. The SMILES string of the molecule is CCn1c(SC(C)C(=O)Nc2cc(C)no2)nnc1-c1ccccc1OC. The zero-order chi connectivity index (χ0) is 19.4. The van der Waals surface area contributed by atoms with Gasteiger partial charge in [0, 0.05) is 12.6 Å². The number of thioether (sulfide) groups is 1. The molecule has 0 spiro atoms. The Morgan fingerprint density at radius 1 is 1.37 bits per heavy atom. The van der Waals surface area contributed by atoms with Gasteiger partial charge in [-0.2, -0.15) is 0 Å². The van der Waals surface area contributed by atoms with E-state index < -0.39 is 5.25 Å². The Morgan fingerprint density at radius 2 is 2.15 bits per heavy atom. The lowest BCUT2D eigenvalue weighted by molar-refractivity contribution is -0.115. The molecular formula is C18H21N5O3S. The van der Waals surface area contributed by atoms with Crippen LogP contribution >= 0.6 is 11.8 Å². The van der Waals surface area contributed by atoms with Gasteiger partial charge in [0.2, 0.25) is 11.8 Å². The average Bonchev–Trinajstić information content (AvgIpc) is 3.27. The fourth-order valence-corrected chi connectivity index (χ4v) is 3.46. The van der Waals surface area contributed by atoms with Crippen LogP contribution in [0.3, 0.4) is 0 Å². The summed E-state index contributed by atoms with van der Waals surface area (Å²) >= 11 is 1.33. The van der Waals surface area contributed by atoms with E-state index in [2.05, 4.69) is 20.7 Å². The molecule has 3 aromatic rings. The van der Waals surface area contributed by atoms with E-state index in [0.29, 0.717) is 29.1 Å². The van der Waals surface area contributed by atoms with Gasteiger partial charge in [-0.3, -0.25) is 10.1 Å². The number of anilines is 1. The van der Waals surface area contributed by atoms with Crippen molar-refractivity contribution in [1.29, 1.82) is 0 Å². The molecule has 0 bridgehead atoms. The summed E-state index contributed by atoms with van der Waals surface area (Å²) in [7, 11) is 1.62. The Balaban J connectivity index is 1.79. The van der Waals surface area contributed by atoms with Crippen LogP contribution in [0, 0.1) is 6.92 Å². The van der Waals surface area contributed by atoms with Crippen molar-refractivity contribution < 1.29 is 14.1 Å². The number of ether oxygens (including phenoxy) is 1. The van der Waals surface area contributed by atoms with Gasteiger partial charge in [-0.15, -0.1) is 10.2 Å². The molecule has 0 saturated carbocycles. The monoisotopic (exact) mass is 387 g/mol. The van der Waals surface area contributed by atoms with Crippen molar-refractivity contribution in [2.45, 2.75) is 37.7 Å². The first-order valence-corrected chi connectivity index (χ1v) is 9.38. The number of aryl methyl sites for hydroxylation is 1. The predicted molar refractivity (Wildman–Crippen MR) is 103 cm³/mol. The first-order chi connectivity index (χ1) is 13.0. The lowest BCUT2D eigenvalue weighted by Crippen LogP contribution is -2.22. The van der Waals surface area contributed by atoms with Crippen LogP contribution in [0.1, 0.15) is 19.5 Å². The smallest absolute Gasteiger partial charge is 0.240 e. The molecule has 0 aliphatic carbocycles. The molecule has 142 valence electrons. The Morgan fingerprint density at radius 3 is 2.81 bits per heavy atom. The minimum Gasteiger partial charge on any atom is -0.496 e. The maximum atomic E-state index is 12.4. The number of carbonyl (C=O) groups excluding carboxylic acids is 1. The minimum absolute atomic E-state index is 0.194. The van der Waals surface area contributed by atoms with Crippen LogP contribution < -0.4 is 10.1 Å². The highest BCUT2D eigenvalue weighted by molar-refractivity contribution is 8.00. The highest BCUT2D eigenvalue weighted by atomic mass is 32.2. The summed E-state index contributed by atoms with van der Waals surface area (Å²) in [6.45, 7) is 6.27. The molecule has 0 radical (unpaired) electrons. The summed E-state index contributed by atoms with van der Waals surface area (Å²) in [5, 5.41) is 15.3. The van der Waals surface area contributed by atoms with Gasteiger partial charge < -0.3 is 13.8 Å². The van der Waals surface area contributed by atoms with Gasteiger partial charge in [-0.05, 0) is 32.9 Å². The Labute approximate surface area is 161 Å². The van der Waals surface area contributed by atoms with Gasteiger partial charge in [-0.1, -0.05) is 29.1 Å². The molecule has 9 heteroatoms. The Bertz CT molecular complexity index is 937. The largest absolute Gasteiger partial charge is 0.496 e. The molecule has 8 nitrogen and oxygen atoms in total. The Kier molecular flexibility index (Phi) is 5.80. The van der Waals surface area contributed by atoms with Crippen LogP contribution in [0.2, 0.25) is 0 Å². The molecule has 1 unspecified atom stereocenters. The third-order valence-electron chi connectivity index (χ3n) is 3.91. The van der Waals surface area contributed by atoms with Gasteiger partial charge >= 0.3 is 0 Å². The van der Waals surface area contributed by atoms with E-state index in [1.807, 2.05) is 35.8 Å². The second kappa shape index (κ2) is 8.26. The number of nitrogens with one attached hydrogen (secondary N) is 1. The molecule has 3 rings (SSSR count). The van der Waals surface area contributed by atoms with Crippen molar-refractivity contribution in [3.05, 3.63) is 36.0 Å². The number of hydrogen-bond acceptors (Lipinski definition) is 7. The number of benzene rings is 1. The number of amides is 1. The first kappa shape index (κ1) is 19.0. The summed E-state index contributed by atoms with van der Waals surface area (Å²) in [6, 6.07) is 9.32. The molecule has 2 aromatic heterocycles. The normalized spacial score (nSPS) is 12.0. The van der Waals surface area contributed by atoms with Gasteiger partial charge in [-0.25, -0.2) is 0 Å². The molecule has 27 heavy (non-hydrogen) atoms. The van der Waals surface area contributed by atoms with E-state index in [4.69, 9.17) is 9.26 Å². The van der Waals surface area contributed by atoms with Crippen molar-refractivity contribution in [3.63, 3.8) is 0 Å². The van der Waals surface area contributed by atoms with Crippen LogP contribution in [0.5, 0.6) is 5.75 Å². The highest BCUT2D eigenvalue weighted by Crippen LogP contribution is 2.32. The molecule has 1 aromatic carbocycles.